The van der Waals surface area contributed by atoms with E-state index in [0.717, 1.165) is 30.2 Å². The smallest absolute Gasteiger partial charge is 0.220 e. The van der Waals surface area contributed by atoms with Gasteiger partial charge in [0.15, 0.2) is 11.5 Å². The minimum atomic E-state index is 0.0750. The van der Waals surface area contributed by atoms with Gasteiger partial charge >= 0.3 is 0 Å². The number of aryl methyl sites for hydroxylation is 1. The normalized spacial score (nSPS) is 18.8. The first-order chi connectivity index (χ1) is 14.7. The highest BCUT2D eigenvalue weighted by atomic mass is 16.6. The number of nitrogens with zero attached hydrogens (tertiary/aromatic N) is 1. The van der Waals surface area contributed by atoms with Crippen LogP contribution in [-0.4, -0.2) is 36.6 Å². The van der Waals surface area contributed by atoms with Crippen LogP contribution in [-0.2, 0) is 24.3 Å². The fourth-order valence-electron chi connectivity index (χ4n) is 4.28. The second kappa shape index (κ2) is 9.98. The Balaban J connectivity index is 1.29. The molecule has 1 saturated heterocycles. The van der Waals surface area contributed by atoms with Gasteiger partial charge in [0.25, 0.3) is 0 Å². The molecule has 1 N–H and O–H groups in total. The highest BCUT2D eigenvalue weighted by Gasteiger charge is 2.19. The number of hydrogen-bond donors (Lipinski definition) is 1. The van der Waals surface area contributed by atoms with E-state index in [1.165, 1.54) is 30.4 Å². The molecule has 5 nitrogen and oxygen atoms in total. The Morgan fingerprint density at radius 2 is 1.87 bits per heavy atom. The topological polar surface area (TPSA) is 50.8 Å². The highest BCUT2D eigenvalue weighted by molar-refractivity contribution is 5.76. The number of ether oxygens (including phenoxy) is 2. The maximum atomic E-state index is 12.5. The van der Waals surface area contributed by atoms with Crippen LogP contribution >= 0.6 is 0 Å². The zero-order valence-electron chi connectivity index (χ0n) is 17.9. The van der Waals surface area contributed by atoms with Gasteiger partial charge in [-0.1, -0.05) is 36.8 Å². The monoisotopic (exact) mass is 408 g/mol. The third-order valence-electron chi connectivity index (χ3n) is 6.16. The molecule has 0 saturated carbocycles. The van der Waals surface area contributed by atoms with E-state index in [1.807, 2.05) is 18.2 Å². The second-order valence-electron chi connectivity index (χ2n) is 8.34. The summed E-state index contributed by atoms with van der Waals surface area (Å²) in [5.41, 5.74) is 3.62. The van der Waals surface area contributed by atoms with E-state index in [9.17, 15) is 4.79 Å². The van der Waals surface area contributed by atoms with E-state index >= 15 is 0 Å². The van der Waals surface area contributed by atoms with Gasteiger partial charge in [0, 0.05) is 25.6 Å². The summed E-state index contributed by atoms with van der Waals surface area (Å²) >= 11 is 0. The molecule has 5 heteroatoms. The molecule has 0 radical (unpaired) electrons. The number of hydrogen-bond acceptors (Lipinski definition) is 4. The molecule has 2 aromatic rings. The van der Waals surface area contributed by atoms with Crippen molar-refractivity contribution in [3.8, 4) is 11.5 Å². The first-order valence-corrected chi connectivity index (χ1v) is 11.1. The van der Waals surface area contributed by atoms with Crippen molar-refractivity contribution < 1.29 is 14.3 Å². The molecule has 2 aliphatic heterocycles. The van der Waals surface area contributed by atoms with E-state index < -0.39 is 0 Å². The summed E-state index contributed by atoms with van der Waals surface area (Å²) in [5.74, 6) is 1.64. The fourth-order valence-corrected chi connectivity index (χ4v) is 4.28. The molecule has 2 heterocycles. The van der Waals surface area contributed by atoms with Crippen molar-refractivity contribution in [2.45, 2.75) is 58.2 Å². The Morgan fingerprint density at radius 1 is 1.07 bits per heavy atom. The Morgan fingerprint density at radius 3 is 2.70 bits per heavy atom. The van der Waals surface area contributed by atoms with Crippen molar-refractivity contribution in [2.75, 3.05) is 19.8 Å². The minimum Gasteiger partial charge on any atom is -0.486 e. The number of carbonyl (C=O) groups excluding carboxylic acids is 1. The zero-order chi connectivity index (χ0) is 20.8. The molecule has 1 atom stereocenters. The summed E-state index contributed by atoms with van der Waals surface area (Å²) in [6.45, 7) is 6.20. The average molecular weight is 409 g/mol. The standard InChI is InChI=1S/C25H32N2O3/c1-19-6-4-5-13-27(19)18-22-8-3-2-7-21(22)17-26-25(28)12-10-20-9-11-23-24(16-20)30-15-14-29-23/h2-3,7-9,11,16,19H,4-6,10,12-15,17-18H2,1H3,(H,26,28). The van der Waals surface area contributed by atoms with Gasteiger partial charge in [0.2, 0.25) is 5.91 Å². The predicted molar refractivity (Wildman–Crippen MR) is 118 cm³/mol. The van der Waals surface area contributed by atoms with Crippen molar-refractivity contribution in [1.82, 2.24) is 10.2 Å². The molecule has 160 valence electrons. The van der Waals surface area contributed by atoms with E-state index in [4.69, 9.17) is 9.47 Å². The van der Waals surface area contributed by atoms with E-state index in [2.05, 4.69) is 41.4 Å². The van der Waals surface area contributed by atoms with Gasteiger partial charge in [0.1, 0.15) is 13.2 Å². The third kappa shape index (κ3) is 5.33. The van der Waals surface area contributed by atoms with Crippen LogP contribution in [0.2, 0.25) is 0 Å². The Labute approximate surface area is 179 Å². The lowest BCUT2D eigenvalue weighted by Gasteiger charge is -2.33. The number of nitrogens with one attached hydrogen (secondary N) is 1. The summed E-state index contributed by atoms with van der Waals surface area (Å²) in [6.07, 6.45) is 5.04. The second-order valence-corrected chi connectivity index (χ2v) is 8.34. The van der Waals surface area contributed by atoms with Crippen LogP contribution in [0.3, 0.4) is 0 Å². The SMILES string of the molecule is CC1CCCCN1Cc1ccccc1CNC(=O)CCc1ccc2c(c1)OCCO2. The number of amides is 1. The first-order valence-electron chi connectivity index (χ1n) is 11.1. The summed E-state index contributed by atoms with van der Waals surface area (Å²) in [6, 6.07) is 15.0. The van der Waals surface area contributed by atoms with Crippen molar-refractivity contribution in [3.05, 3.63) is 59.2 Å². The van der Waals surface area contributed by atoms with Gasteiger partial charge in [-0.3, -0.25) is 9.69 Å². The molecule has 0 spiro atoms. The van der Waals surface area contributed by atoms with Gasteiger partial charge in [-0.25, -0.2) is 0 Å². The van der Waals surface area contributed by atoms with Crippen LogP contribution in [0.5, 0.6) is 11.5 Å². The van der Waals surface area contributed by atoms with Crippen LogP contribution in [0.4, 0.5) is 0 Å². The number of benzene rings is 2. The molecule has 2 aromatic carbocycles. The van der Waals surface area contributed by atoms with E-state index in [-0.39, 0.29) is 5.91 Å². The molecule has 1 fully saturated rings. The van der Waals surface area contributed by atoms with Crippen molar-refractivity contribution >= 4 is 5.91 Å². The summed E-state index contributed by atoms with van der Waals surface area (Å²) in [7, 11) is 0. The molecule has 0 aliphatic carbocycles. The number of carbonyl (C=O) groups is 1. The fraction of sp³-hybridized carbons (Fsp3) is 0.480. The molecular weight excluding hydrogens is 376 g/mol. The molecule has 0 aromatic heterocycles. The molecule has 4 rings (SSSR count). The lowest BCUT2D eigenvalue weighted by atomic mass is 10.0. The summed E-state index contributed by atoms with van der Waals surface area (Å²) in [5, 5.41) is 3.11. The average Bonchev–Trinajstić information content (AvgIpc) is 2.78. The van der Waals surface area contributed by atoms with Crippen LogP contribution in [0.25, 0.3) is 0 Å². The largest absolute Gasteiger partial charge is 0.486 e. The molecule has 30 heavy (non-hydrogen) atoms. The van der Waals surface area contributed by atoms with Gasteiger partial charge in [-0.05, 0) is 61.6 Å². The highest BCUT2D eigenvalue weighted by Crippen LogP contribution is 2.31. The van der Waals surface area contributed by atoms with Gasteiger partial charge < -0.3 is 14.8 Å². The summed E-state index contributed by atoms with van der Waals surface area (Å²) < 4.78 is 11.2. The van der Waals surface area contributed by atoms with Crippen LogP contribution < -0.4 is 14.8 Å². The maximum absolute atomic E-state index is 12.5. The van der Waals surface area contributed by atoms with Crippen LogP contribution in [0.15, 0.2) is 42.5 Å². The first kappa shape index (κ1) is 20.7. The van der Waals surface area contributed by atoms with Crippen LogP contribution in [0, 0.1) is 0 Å². The number of rotatable bonds is 7. The van der Waals surface area contributed by atoms with Crippen molar-refractivity contribution in [2.24, 2.45) is 0 Å². The summed E-state index contributed by atoms with van der Waals surface area (Å²) in [4.78, 5) is 15.0. The maximum Gasteiger partial charge on any atom is 0.220 e. The number of likely N-dealkylation sites (tertiary alicyclic amines) is 1. The molecule has 2 aliphatic rings. The predicted octanol–water partition coefficient (Wildman–Crippen LogP) is 4.08. The van der Waals surface area contributed by atoms with Crippen molar-refractivity contribution in [3.63, 3.8) is 0 Å². The molecular formula is C25H32N2O3. The lowest BCUT2D eigenvalue weighted by Crippen LogP contribution is -2.37. The zero-order valence-corrected chi connectivity index (χ0v) is 17.9. The van der Waals surface area contributed by atoms with Crippen molar-refractivity contribution in [1.29, 1.82) is 0 Å². The van der Waals surface area contributed by atoms with E-state index in [0.29, 0.717) is 38.6 Å². The number of piperidine rings is 1. The Kier molecular flexibility index (Phi) is 6.90. The van der Waals surface area contributed by atoms with Gasteiger partial charge in [-0.2, -0.15) is 0 Å². The lowest BCUT2D eigenvalue weighted by molar-refractivity contribution is -0.121. The van der Waals surface area contributed by atoms with E-state index in [1.54, 1.807) is 0 Å². The molecule has 0 bridgehead atoms. The molecule has 1 unspecified atom stereocenters. The number of fused-ring (bicyclic) bond motifs is 1. The third-order valence-corrected chi connectivity index (χ3v) is 6.16. The van der Waals surface area contributed by atoms with Gasteiger partial charge in [-0.15, -0.1) is 0 Å². The molecule has 1 amide bonds. The quantitative estimate of drug-likeness (QED) is 0.750. The van der Waals surface area contributed by atoms with Crippen LogP contribution in [0.1, 0.15) is 49.3 Å². The Hall–Kier alpha value is -2.53. The Bertz CT molecular complexity index is 867. The van der Waals surface area contributed by atoms with Gasteiger partial charge in [0.05, 0.1) is 0 Å². The minimum absolute atomic E-state index is 0.0750.